The number of aromatic nitrogens is 2. The molecule has 0 aliphatic carbocycles. The van der Waals surface area contributed by atoms with Crippen molar-refractivity contribution in [3.05, 3.63) is 78.8 Å². The fraction of sp³-hybridized carbons (Fsp3) is 0.0667. The first-order chi connectivity index (χ1) is 11.0. The number of benzene rings is 2. The van der Waals surface area contributed by atoms with Crippen molar-refractivity contribution in [3.63, 3.8) is 0 Å². The Morgan fingerprint density at radius 3 is 2.74 bits per heavy atom. The van der Waals surface area contributed by atoms with Gasteiger partial charge in [-0.25, -0.2) is 4.98 Å². The molecule has 0 aliphatic rings. The maximum absolute atomic E-state index is 12.5. The molecule has 3 rings (SSSR count). The third kappa shape index (κ3) is 2.91. The number of hydrogen-bond donors (Lipinski definition) is 0. The van der Waals surface area contributed by atoms with Crippen molar-refractivity contribution in [3.8, 4) is 0 Å². The molecular formula is C15H9Cl2N3O3. The van der Waals surface area contributed by atoms with Crippen molar-refractivity contribution >= 4 is 39.8 Å². The summed E-state index contributed by atoms with van der Waals surface area (Å²) >= 11 is 11.9. The molecule has 116 valence electrons. The van der Waals surface area contributed by atoms with Crippen molar-refractivity contribution in [1.29, 1.82) is 0 Å². The summed E-state index contributed by atoms with van der Waals surface area (Å²) in [5, 5.41) is 12.2. The lowest BCUT2D eigenvalue weighted by atomic mass is 10.1. The van der Waals surface area contributed by atoms with Gasteiger partial charge in [0.15, 0.2) is 0 Å². The third-order valence-electron chi connectivity index (χ3n) is 3.41. The van der Waals surface area contributed by atoms with Crippen LogP contribution in [0.25, 0.3) is 10.9 Å². The smallest absolute Gasteiger partial charge is 0.275 e. The highest BCUT2D eigenvalue weighted by molar-refractivity contribution is 6.31. The van der Waals surface area contributed by atoms with E-state index in [2.05, 4.69) is 4.98 Å². The number of nitro groups is 1. The second-order valence-electron chi connectivity index (χ2n) is 4.83. The lowest BCUT2D eigenvalue weighted by molar-refractivity contribution is -0.385. The van der Waals surface area contributed by atoms with Crippen LogP contribution in [-0.2, 0) is 6.54 Å². The SMILES string of the molecule is O=c1c2ccc(Cl)cc2ncn1Cc1c(Cl)cccc1[N+](=O)[O-]. The van der Waals surface area contributed by atoms with Crippen molar-refractivity contribution in [1.82, 2.24) is 9.55 Å². The molecule has 0 amide bonds. The largest absolute Gasteiger partial charge is 0.294 e. The Balaban J connectivity index is 2.13. The van der Waals surface area contributed by atoms with E-state index in [0.29, 0.717) is 15.9 Å². The van der Waals surface area contributed by atoms with E-state index in [-0.39, 0.29) is 28.4 Å². The van der Waals surface area contributed by atoms with Gasteiger partial charge in [0.05, 0.1) is 39.3 Å². The monoisotopic (exact) mass is 349 g/mol. The van der Waals surface area contributed by atoms with Gasteiger partial charge in [0.1, 0.15) is 0 Å². The number of rotatable bonds is 3. The molecule has 0 atom stereocenters. The van der Waals surface area contributed by atoms with Crippen LogP contribution in [0.3, 0.4) is 0 Å². The van der Waals surface area contributed by atoms with Crippen molar-refractivity contribution in [2.24, 2.45) is 0 Å². The molecule has 0 radical (unpaired) electrons. The van der Waals surface area contributed by atoms with E-state index in [1.165, 1.54) is 23.0 Å². The van der Waals surface area contributed by atoms with Gasteiger partial charge < -0.3 is 0 Å². The van der Waals surface area contributed by atoms with Gasteiger partial charge in [0.2, 0.25) is 0 Å². The van der Waals surface area contributed by atoms with Gasteiger partial charge in [0.25, 0.3) is 11.2 Å². The normalized spacial score (nSPS) is 10.9. The predicted octanol–water partition coefficient (Wildman–Crippen LogP) is 3.66. The summed E-state index contributed by atoms with van der Waals surface area (Å²) in [7, 11) is 0. The first-order valence-corrected chi connectivity index (χ1v) is 7.29. The minimum Gasteiger partial charge on any atom is -0.294 e. The molecule has 1 aromatic heterocycles. The molecule has 0 saturated carbocycles. The first-order valence-electron chi connectivity index (χ1n) is 6.54. The van der Waals surface area contributed by atoms with Gasteiger partial charge >= 0.3 is 0 Å². The summed E-state index contributed by atoms with van der Waals surface area (Å²) in [4.78, 5) is 27.3. The molecule has 0 bridgehead atoms. The summed E-state index contributed by atoms with van der Waals surface area (Å²) in [6.07, 6.45) is 1.33. The van der Waals surface area contributed by atoms with Gasteiger partial charge in [-0.2, -0.15) is 0 Å². The van der Waals surface area contributed by atoms with E-state index >= 15 is 0 Å². The molecule has 23 heavy (non-hydrogen) atoms. The van der Waals surface area contributed by atoms with Gasteiger partial charge in [-0.15, -0.1) is 0 Å². The molecule has 6 nitrogen and oxygen atoms in total. The van der Waals surface area contributed by atoms with Crippen molar-refractivity contribution in [2.45, 2.75) is 6.54 Å². The van der Waals surface area contributed by atoms with E-state index in [1.807, 2.05) is 0 Å². The molecule has 8 heteroatoms. The fourth-order valence-corrected chi connectivity index (χ4v) is 2.68. The Kier molecular flexibility index (Phi) is 4.02. The average molecular weight is 350 g/mol. The molecule has 0 N–H and O–H groups in total. The van der Waals surface area contributed by atoms with Gasteiger partial charge in [-0.1, -0.05) is 29.3 Å². The Bertz CT molecular complexity index is 985. The molecular weight excluding hydrogens is 341 g/mol. The quantitative estimate of drug-likeness (QED) is 0.533. The van der Waals surface area contributed by atoms with Crippen LogP contribution in [-0.4, -0.2) is 14.5 Å². The highest BCUT2D eigenvalue weighted by atomic mass is 35.5. The average Bonchev–Trinajstić information content (AvgIpc) is 2.51. The number of fused-ring (bicyclic) bond motifs is 1. The Labute approximate surface area is 140 Å². The van der Waals surface area contributed by atoms with Crippen LogP contribution in [0.4, 0.5) is 5.69 Å². The molecule has 2 aromatic carbocycles. The van der Waals surface area contributed by atoms with Crippen LogP contribution >= 0.6 is 23.2 Å². The topological polar surface area (TPSA) is 78.0 Å². The van der Waals surface area contributed by atoms with Crippen LogP contribution in [0.1, 0.15) is 5.56 Å². The number of hydrogen-bond acceptors (Lipinski definition) is 4. The van der Waals surface area contributed by atoms with Crippen molar-refractivity contribution in [2.75, 3.05) is 0 Å². The highest BCUT2D eigenvalue weighted by Gasteiger charge is 2.18. The molecule has 0 aliphatic heterocycles. The maximum Gasteiger partial charge on any atom is 0.275 e. The van der Waals surface area contributed by atoms with Crippen LogP contribution in [0.5, 0.6) is 0 Å². The van der Waals surface area contributed by atoms with Crippen LogP contribution in [0, 0.1) is 10.1 Å². The van der Waals surface area contributed by atoms with Crippen LogP contribution in [0.2, 0.25) is 10.0 Å². The molecule has 3 aromatic rings. The molecule has 0 fully saturated rings. The zero-order chi connectivity index (χ0) is 16.6. The summed E-state index contributed by atoms with van der Waals surface area (Å²) in [6, 6.07) is 9.14. The van der Waals surface area contributed by atoms with E-state index in [0.717, 1.165) is 0 Å². The number of nitrogens with zero attached hydrogens (tertiary/aromatic N) is 3. The maximum atomic E-state index is 12.5. The second-order valence-corrected chi connectivity index (χ2v) is 5.68. The van der Waals surface area contributed by atoms with E-state index in [1.54, 1.807) is 24.3 Å². The standard InChI is InChI=1S/C15H9Cl2N3O3/c16-9-4-5-10-13(6-9)18-8-19(15(10)21)7-11-12(17)2-1-3-14(11)20(22)23/h1-6,8H,7H2. The van der Waals surface area contributed by atoms with Gasteiger partial charge in [-0.3, -0.25) is 19.5 Å². The number of nitro benzene ring substituents is 1. The molecule has 0 unspecified atom stereocenters. The minimum atomic E-state index is -0.527. The Morgan fingerprint density at radius 2 is 2.00 bits per heavy atom. The molecule has 1 heterocycles. The lowest BCUT2D eigenvalue weighted by Gasteiger charge is -2.09. The zero-order valence-corrected chi connectivity index (χ0v) is 13.1. The highest BCUT2D eigenvalue weighted by Crippen LogP contribution is 2.26. The first kappa shape index (κ1) is 15.5. The fourth-order valence-electron chi connectivity index (χ4n) is 2.29. The summed E-state index contributed by atoms with van der Waals surface area (Å²) in [5.41, 5.74) is 0.269. The van der Waals surface area contributed by atoms with Gasteiger partial charge in [-0.05, 0) is 24.3 Å². The predicted molar refractivity (Wildman–Crippen MR) is 88.2 cm³/mol. The summed E-state index contributed by atoms with van der Waals surface area (Å²) in [5.74, 6) is 0. The van der Waals surface area contributed by atoms with E-state index in [4.69, 9.17) is 23.2 Å². The van der Waals surface area contributed by atoms with Gasteiger partial charge in [0, 0.05) is 11.1 Å². The summed E-state index contributed by atoms with van der Waals surface area (Å²) in [6.45, 7) is -0.0413. The Hall–Kier alpha value is -2.44. The Morgan fingerprint density at radius 1 is 1.22 bits per heavy atom. The molecule has 0 saturated heterocycles. The zero-order valence-electron chi connectivity index (χ0n) is 11.6. The molecule has 0 spiro atoms. The van der Waals surface area contributed by atoms with Crippen LogP contribution < -0.4 is 5.56 Å². The van der Waals surface area contributed by atoms with E-state index in [9.17, 15) is 14.9 Å². The summed E-state index contributed by atoms with van der Waals surface area (Å²) < 4.78 is 1.28. The van der Waals surface area contributed by atoms with Crippen LogP contribution in [0.15, 0.2) is 47.5 Å². The van der Waals surface area contributed by atoms with Crippen molar-refractivity contribution < 1.29 is 4.92 Å². The lowest BCUT2D eigenvalue weighted by Crippen LogP contribution is -2.21. The second kappa shape index (κ2) is 5.98. The minimum absolute atomic E-state index is 0.0413. The van der Waals surface area contributed by atoms with E-state index < -0.39 is 4.92 Å². The number of halogens is 2. The third-order valence-corrected chi connectivity index (χ3v) is 4.00.